The predicted molar refractivity (Wildman–Crippen MR) is 84.8 cm³/mol. The third-order valence-electron chi connectivity index (χ3n) is 4.92. The Morgan fingerprint density at radius 1 is 1.22 bits per heavy atom. The van der Waals surface area contributed by atoms with E-state index in [1.165, 1.54) is 12.8 Å². The van der Waals surface area contributed by atoms with Crippen molar-refractivity contribution in [2.45, 2.75) is 83.5 Å². The molecule has 6 nitrogen and oxygen atoms in total. The molecule has 0 bridgehead atoms. The predicted octanol–water partition coefficient (Wildman–Crippen LogP) is 3.17. The summed E-state index contributed by atoms with van der Waals surface area (Å²) in [4.78, 5) is 19.2. The molecule has 6 heteroatoms. The quantitative estimate of drug-likeness (QED) is 0.852. The maximum atomic E-state index is 12.9. The van der Waals surface area contributed by atoms with Crippen molar-refractivity contribution in [3.63, 3.8) is 0 Å². The monoisotopic (exact) mass is 321 g/mol. The van der Waals surface area contributed by atoms with Crippen molar-refractivity contribution in [2.75, 3.05) is 6.54 Å². The Morgan fingerprint density at radius 3 is 2.65 bits per heavy atom. The number of carbonyl (C=O) groups excluding carboxylic acids is 1. The van der Waals surface area contributed by atoms with E-state index < -0.39 is 6.10 Å². The molecule has 1 aromatic rings. The van der Waals surface area contributed by atoms with Crippen LogP contribution in [0.1, 0.15) is 76.0 Å². The number of nitrogens with zero attached hydrogens (tertiary/aromatic N) is 3. The van der Waals surface area contributed by atoms with Gasteiger partial charge < -0.3 is 14.2 Å². The number of rotatable bonds is 4. The number of ether oxygens (including phenoxy) is 1. The zero-order chi connectivity index (χ0) is 16.2. The van der Waals surface area contributed by atoms with E-state index in [0.29, 0.717) is 11.7 Å². The van der Waals surface area contributed by atoms with Gasteiger partial charge in [-0.1, -0.05) is 30.8 Å². The van der Waals surface area contributed by atoms with Crippen molar-refractivity contribution in [3.05, 3.63) is 11.7 Å². The molecular weight excluding hydrogens is 294 g/mol. The molecule has 1 aromatic heterocycles. The third-order valence-corrected chi connectivity index (χ3v) is 4.92. The Kier molecular flexibility index (Phi) is 5.30. The lowest BCUT2D eigenvalue weighted by molar-refractivity contribution is -0.148. The molecule has 2 heterocycles. The highest BCUT2D eigenvalue weighted by Crippen LogP contribution is 2.30. The smallest absolute Gasteiger partial charge is 0.252 e. The lowest BCUT2D eigenvalue weighted by Crippen LogP contribution is -2.42. The van der Waals surface area contributed by atoms with Gasteiger partial charge in [-0.15, -0.1) is 0 Å². The molecule has 1 saturated carbocycles. The van der Waals surface area contributed by atoms with Crippen molar-refractivity contribution in [3.8, 4) is 0 Å². The van der Waals surface area contributed by atoms with E-state index in [1.807, 2.05) is 11.8 Å². The number of aryl methyl sites for hydroxylation is 1. The maximum Gasteiger partial charge on any atom is 0.252 e. The van der Waals surface area contributed by atoms with Gasteiger partial charge in [-0.25, -0.2) is 0 Å². The van der Waals surface area contributed by atoms with Crippen LogP contribution < -0.4 is 0 Å². The summed E-state index contributed by atoms with van der Waals surface area (Å²) in [6.45, 7) is 4.41. The number of hydrogen-bond acceptors (Lipinski definition) is 5. The Hall–Kier alpha value is -1.43. The van der Waals surface area contributed by atoms with Gasteiger partial charge in [0.15, 0.2) is 5.82 Å². The molecule has 2 atom stereocenters. The van der Waals surface area contributed by atoms with Gasteiger partial charge in [0.2, 0.25) is 5.89 Å². The van der Waals surface area contributed by atoms with Crippen LogP contribution in [0.2, 0.25) is 0 Å². The Balaban J connectivity index is 1.71. The van der Waals surface area contributed by atoms with Crippen LogP contribution >= 0.6 is 0 Å². The molecule has 0 radical (unpaired) electrons. The van der Waals surface area contributed by atoms with E-state index in [1.54, 1.807) is 6.92 Å². The summed E-state index contributed by atoms with van der Waals surface area (Å²) in [7, 11) is 0. The van der Waals surface area contributed by atoms with Gasteiger partial charge in [0.25, 0.3) is 5.91 Å². The molecule has 1 aliphatic heterocycles. The zero-order valence-corrected chi connectivity index (χ0v) is 14.2. The first-order valence-electron chi connectivity index (χ1n) is 8.91. The number of carbonyl (C=O) groups is 1. The number of amides is 1. The minimum absolute atomic E-state index is 0.0613. The van der Waals surface area contributed by atoms with Crippen LogP contribution in [0.4, 0.5) is 0 Å². The molecule has 23 heavy (non-hydrogen) atoms. The molecule has 0 aromatic carbocycles. The normalized spacial score (nSPS) is 24.6. The highest BCUT2D eigenvalue weighted by molar-refractivity contribution is 5.81. The first-order valence-corrected chi connectivity index (χ1v) is 8.91. The minimum Gasteiger partial charge on any atom is -0.365 e. The highest BCUT2D eigenvalue weighted by atomic mass is 16.5. The summed E-state index contributed by atoms with van der Waals surface area (Å²) < 4.78 is 11.1. The Bertz CT molecular complexity index is 525. The Morgan fingerprint density at radius 2 is 1.96 bits per heavy atom. The van der Waals surface area contributed by atoms with Crippen LogP contribution in [0.3, 0.4) is 0 Å². The summed E-state index contributed by atoms with van der Waals surface area (Å²) in [5.74, 6) is 1.24. The summed E-state index contributed by atoms with van der Waals surface area (Å²) in [5, 5.41) is 4.06. The van der Waals surface area contributed by atoms with Crippen LogP contribution in [-0.2, 0) is 9.53 Å². The lowest BCUT2D eigenvalue weighted by Gasteiger charge is -2.31. The van der Waals surface area contributed by atoms with E-state index in [9.17, 15) is 4.79 Å². The second-order valence-corrected chi connectivity index (χ2v) is 6.75. The zero-order valence-electron chi connectivity index (χ0n) is 14.2. The van der Waals surface area contributed by atoms with Crippen LogP contribution in [-0.4, -0.2) is 39.7 Å². The van der Waals surface area contributed by atoms with Crippen LogP contribution in [0.25, 0.3) is 0 Å². The minimum atomic E-state index is -0.397. The number of hydrogen-bond donors (Lipinski definition) is 0. The molecule has 1 amide bonds. The van der Waals surface area contributed by atoms with Crippen molar-refractivity contribution < 1.29 is 14.1 Å². The molecule has 0 spiro atoms. The van der Waals surface area contributed by atoms with Crippen LogP contribution in [0.15, 0.2) is 4.52 Å². The van der Waals surface area contributed by atoms with Crippen molar-refractivity contribution in [2.24, 2.45) is 0 Å². The summed E-state index contributed by atoms with van der Waals surface area (Å²) >= 11 is 0. The van der Waals surface area contributed by atoms with Crippen molar-refractivity contribution in [1.29, 1.82) is 0 Å². The number of likely N-dealkylation sites (tertiary alicyclic amines) is 1. The first kappa shape index (κ1) is 16.4. The summed E-state index contributed by atoms with van der Waals surface area (Å²) in [5.41, 5.74) is 0. The van der Waals surface area contributed by atoms with Crippen molar-refractivity contribution >= 4 is 5.91 Å². The standard InChI is InChI=1S/C17H27N3O3/c1-12(22-14-8-5-6-9-14)17(21)20-11-7-3-4-10-15(20)16-18-13(2)23-19-16/h12,14-15H,3-11H2,1-2H3. The second kappa shape index (κ2) is 7.43. The lowest BCUT2D eigenvalue weighted by atomic mass is 10.1. The van der Waals surface area contributed by atoms with Gasteiger partial charge >= 0.3 is 0 Å². The fourth-order valence-electron chi connectivity index (χ4n) is 3.70. The van der Waals surface area contributed by atoms with Gasteiger partial charge in [-0.2, -0.15) is 4.98 Å². The number of aromatic nitrogens is 2. The van der Waals surface area contributed by atoms with E-state index in [0.717, 1.165) is 45.1 Å². The van der Waals surface area contributed by atoms with Gasteiger partial charge in [-0.05, 0) is 32.6 Å². The molecule has 1 aliphatic carbocycles. The van der Waals surface area contributed by atoms with Gasteiger partial charge in [0, 0.05) is 13.5 Å². The highest BCUT2D eigenvalue weighted by Gasteiger charge is 2.33. The molecular formula is C17H27N3O3. The average molecular weight is 321 g/mol. The fraction of sp³-hybridized carbons (Fsp3) is 0.824. The Labute approximate surface area is 137 Å². The van der Waals surface area contributed by atoms with Crippen LogP contribution in [0, 0.1) is 6.92 Å². The summed E-state index contributed by atoms with van der Waals surface area (Å²) in [6, 6.07) is -0.0860. The molecule has 1 saturated heterocycles. The van der Waals surface area contributed by atoms with E-state index >= 15 is 0 Å². The van der Waals surface area contributed by atoms with Gasteiger partial charge in [0.1, 0.15) is 6.10 Å². The molecule has 0 N–H and O–H groups in total. The van der Waals surface area contributed by atoms with Crippen molar-refractivity contribution in [1.82, 2.24) is 15.0 Å². The first-order chi connectivity index (χ1) is 11.1. The van der Waals surface area contributed by atoms with Gasteiger partial charge in [0.05, 0.1) is 12.1 Å². The molecule has 2 fully saturated rings. The van der Waals surface area contributed by atoms with E-state index in [4.69, 9.17) is 9.26 Å². The average Bonchev–Trinajstić information content (AvgIpc) is 3.13. The summed E-state index contributed by atoms with van der Waals surface area (Å²) in [6.07, 6.45) is 8.54. The molecule has 2 unspecified atom stereocenters. The van der Waals surface area contributed by atoms with Gasteiger partial charge in [-0.3, -0.25) is 4.79 Å². The molecule has 2 aliphatic rings. The topological polar surface area (TPSA) is 68.5 Å². The fourth-order valence-corrected chi connectivity index (χ4v) is 3.70. The van der Waals surface area contributed by atoms with E-state index in [2.05, 4.69) is 10.1 Å². The molecule has 128 valence electrons. The largest absolute Gasteiger partial charge is 0.365 e. The van der Waals surface area contributed by atoms with Crippen LogP contribution in [0.5, 0.6) is 0 Å². The SMILES string of the molecule is Cc1nc(C2CCCCCN2C(=O)C(C)OC2CCCC2)no1. The maximum absolute atomic E-state index is 12.9. The molecule has 3 rings (SSSR count). The van der Waals surface area contributed by atoms with E-state index in [-0.39, 0.29) is 18.1 Å². The third kappa shape index (κ3) is 3.91. The second-order valence-electron chi connectivity index (χ2n) is 6.75.